The molecule has 5 heteroatoms. The Kier molecular flexibility index (Phi) is 5.80. The van der Waals surface area contributed by atoms with Crippen molar-refractivity contribution in [1.29, 1.82) is 0 Å². The number of primary amides is 1. The van der Waals surface area contributed by atoms with E-state index in [4.69, 9.17) is 19.9 Å². The zero-order chi connectivity index (χ0) is 15.8. The molecule has 0 heterocycles. The Bertz CT molecular complexity index is 610. The summed E-state index contributed by atoms with van der Waals surface area (Å²) >= 11 is 0. The molecule has 0 radical (unpaired) electrons. The van der Waals surface area contributed by atoms with Gasteiger partial charge in [-0.2, -0.15) is 0 Å². The van der Waals surface area contributed by atoms with Crippen LogP contribution in [-0.4, -0.2) is 32.8 Å². The zero-order valence-electron chi connectivity index (χ0n) is 12.5. The van der Waals surface area contributed by atoms with Crippen molar-refractivity contribution in [1.82, 2.24) is 0 Å². The highest BCUT2D eigenvalue weighted by molar-refractivity contribution is 5.75. The van der Waals surface area contributed by atoms with E-state index in [0.717, 1.165) is 16.9 Å². The van der Waals surface area contributed by atoms with E-state index in [0.29, 0.717) is 19.0 Å². The quantitative estimate of drug-likeness (QED) is 0.759. The Hall–Kier alpha value is -2.53. The molecule has 1 amide bonds. The molecule has 0 aliphatic rings. The van der Waals surface area contributed by atoms with Crippen molar-refractivity contribution < 1.29 is 19.0 Å². The summed E-state index contributed by atoms with van der Waals surface area (Å²) in [7, 11) is 1.64. The first kappa shape index (κ1) is 15.9. The SMILES string of the molecule is COCCOc1ccc(-c2cccc(OCC(N)=O)c2)cc1. The van der Waals surface area contributed by atoms with Gasteiger partial charge in [-0.25, -0.2) is 0 Å². The largest absolute Gasteiger partial charge is 0.491 e. The number of amides is 1. The van der Waals surface area contributed by atoms with Gasteiger partial charge in [-0.05, 0) is 35.4 Å². The van der Waals surface area contributed by atoms with Crippen LogP contribution < -0.4 is 15.2 Å². The molecular weight excluding hydrogens is 282 g/mol. The summed E-state index contributed by atoms with van der Waals surface area (Å²) in [5.74, 6) is 0.904. The molecule has 2 N–H and O–H groups in total. The molecule has 116 valence electrons. The zero-order valence-corrected chi connectivity index (χ0v) is 12.5. The van der Waals surface area contributed by atoms with E-state index in [2.05, 4.69) is 0 Å². The van der Waals surface area contributed by atoms with E-state index < -0.39 is 5.91 Å². The summed E-state index contributed by atoms with van der Waals surface area (Å²) in [6.07, 6.45) is 0. The number of rotatable bonds is 8. The number of benzene rings is 2. The van der Waals surface area contributed by atoms with Crippen LogP contribution in [0.4, 0.5) is 0 Å². The summed E-state index contributed by atoms with van der Waals surface area (Å²) in [6.45, 7) is 0.947. The Labute approximate surface area is 129 Å². The minimum atomic E-state index is -0.497. The lowest BCUT2D eigenvalue weighted by molar-refractivity contribution is -0.119. The Balaban J connectivity index is 2.04. The molecule has 2 aromatic rings. The summed E-state index contributed by atoms with van der Waals surface area (Å²) in [5.41, 5.74) is 7.09. The number of nitrogens with two attached hydrogens (primary N) is 1. The van der Waals surface area contributed by atoms with Gasteiger partial charge in [0.1, 0.15) is 18.1 Å². The maximum absolute atomic E-state index is 10.7. The first-order valence-corrected chi connectivity index (χ1v) is 6.92. The normalized spacial score (nSPS) is 10.2. The molecule has 0 saturated carbocycles. The molecule has 2 rings (SSSR count). The summed E-state index contributed by atoms with van der Waals surface area (Å²) in [5, 5.41) is 0. The van der Waals surface area contributed by atoms with Gasteiger partial charge in [0.2, 0.25) is 0 Å². The molecule has 0 atom stereocenters. The predicted octanol–water partition coefficient (Wildman–Crippen LogP) is 2.24. The molecule has 22 heavy (non-hydrogen) atoms. The third-order valence-corrected chi connectivity index (χ3v) is 2.96. The Morgan fingerprint density at radius 1 is 0.955 bits per heavy atom. The first-order chi connectivity index (χ1) is 10.7. The fourth-order valence-corrected chi connectivity index (χ4v) is 1.91. The van der Waals surface area contributed by atoms with Gasteiger partial charge in [-0.15, -0.1) is 0 Å². The number of ether oxygens (including phenoxy) is 3. The molecule has 0 unspecified atom stereocenters. The first-order valence-electron chi connectivity index (χ1n) is 6.92. The number of hydrogen-bond acceptors (Lipinski definition) is 4. The van der Waals surface area contributed by atoms with E-state index in [1.54, 1.807) is 13.2 Å². The van der Waals surface area contributed by atoms with Crippen LogP contribution in [0, 0.1) is 0 Å². The minimum Gasteiger partial charge on any atom is -0.491 e. The highest BCUT2D eigenvalue weighted by Crippen LogP contribution is 2.25. The molecule has 0 aliphatic heterocycles. The van der Waals surface area contributed by atoms with Gasteiger partial charge in [-0.3, -0.25) is 4.79 Å². The molecule has 5 nitrogen and oxygen atoms in total. The molecular formula is C17H19NO4. The monoisotopic (exact) mass is 301 g/mol. The fourth-order valence-electron chi connectivity index (χ4n) is 1.91. The average Bonchev–Trinajstić information content (AvgIpc) is 2.54. The van der Waals surface area contributed by atoms with Crippen LogP contribution in [0.1, 0.15) is 0 Å². The molecule has 0 aliphatic carbocycles. The van der Waals surface area contributed by atoms with Gasteiger partial charge >= 0.3 is 0 Å². The summed E-state index contributed by atoms with van der Waals surface area (Å²) < 4.78 is 15.8. The lowest BCUT2D eigenvalue weighted by Crippen LogP contribution is -2.19. The highest BCUT2D eigenvalue weighted by atomic mass is 16.5. The van der Waals surface area contributed by atoms with E-state index in [1.165, 1.54) is 0 Å². The average molecular weight is 301 g/mol. The van der Waals surface area contributed by atoms with Crippen molar-refractivity contribution in [2.24, 2.45) is 5.73 Å². The van der Waals surface area contributed by atoms with Crippen molar-refractivity contribution in [3.8, 4) is 22.6 Å². The standard InChI is InChI=1S/C17H19NO4/c1-20-9-10-21-15-7-5-13(6-8-15)14-3-2-4-16(11-14)22-12-17(18)19/h2-8,11H,9-10,12H2,1H3,(H2,18,19). The van der Waals surface area contributed by atoms with Gasteiger partial charge in [-0.1, -0.05) is 24.3 Å². The second-order valence-corrected chi connectivity index (χ2v) is 4.65. The van der Waals surface area contributed by atoms with E-state index in [9.17, 15) is 4.79 Å². The van der Waals surface area contributed by atoms with Gasteiger partial charge < -0.3 is 19.9 Å². The maximum atomic E-state index is 10.7. The van der Waals surface area contributed by atoms with Crippen LogP contribution in [0.2, 0.25) is 0 Å². The molecule has 0 fully saturated rings. The van der Waals surface area contributed by atoms with E-state index in [1.807, 2.05) is 42.5 Å². The van der Waals surface area contributed by atoms with Gasteiger partial charge in [0.05, 0.1) is 6.61 Å². The molecule has 0 spiro atoms. The Morgan fingerprint density at radius 2 is 1.73 bits per heavy atom. The number of carbonyl (C=O) groups excluding carboxylic acids is 1. The third kappa shape index (κ3) is 4.79. The van der Waals surface area contributed by atoms with E-state index >= 15 is 0 Å². The van der Waals surface area contributed by atoms with Crippen LogP contribution in [0.15, 0.2) is 48.5 Å². The maximum Gasteiger partial charge on any atom is 0.255 e. The van der Waals surface area contributed by atoms with Crippen molar-refractivity contribution in [3.05, 3.63) is 48.5 Å². The lowest BCUT2D eigenvalue weighted by Gasteiger charge is -2.08. The van der Waals surface area contributed by atoms with Crippen LogP contribution in [-0.2, 0) is 9.53 Å². The number of methoxy groups -OCH3 is 1. The van der Waals surface area contributed by atoms with Crippen LogP contribution in [0.5, 0.6) is 11.5 Å². The third-order valence-electron chi connectivity index (χ3n) is 2.96. The van der Waals surface area contributed by atoms with Gasteiger partial charge in [0.25, 0.3) is 5.91 Å². The van der Waals surface area contributed by atoms with Crippen LogP contribution in [0.25, 0.3) is 11.1 Å². The predicted molar refractivity (Wildman–Crippen MR) is 83.9 cm³/mol. The van der Waals surface area contributed by atoms with Crippen LogP contribution in [0.3, 0.4) is 0 Å². The topological polar surface area (TPSA) is 70.8 Å². The second kappa shape index (κ2) is 8.05. The highest BCUT2D eigenvalue weighted by Gasteiger charge is 2.02. The smallest absolute Gasteiger partial charge is 0.255 e. The van der Waals surface area contributed by atoms with Crippen molar-refractivity contribution in [3.63, 3.8) is 0 Å². The van der Waals surface area contributed by atoms with Crippen molar-refractivity contribution in [2.45, 2.75) is 0 Å². The summed E-state index contributed by atoms with van der Waals surface area (Å²) in [4.78, 5) is 10.7. The Morgan fingerprint density at radius 3 is 2.41 bits per heavy atom. The minimum absolute atomic E-state index is 0.129. The molecule has 0 bridgehead atoms. The molecule has 0 saturated heterocycles. The number of hydrogen-bond donors (Lipinski definition) is 1. The molecule has 0 aromatic heterocycles. The number of carbonyl (C=O) groups is 1. The fraction of sp³-hybridized carbons (Fsp3) is 0.235. The lowest BCUT2D eigenvalue weighted by atomic mass is 10.1. The summed E-state index contributed by atoms with van der Waals surface area (Å²) in [6, 6.07) is 15.2. The van der Waals surface area contributed by atoms with Gasteiger partial charge in [0, 0.05) is 7.11 Å². The van der Waals surface area contributed by atoms with Crippen molar-refractivity contribution >= 4 is 5.91 Å². The van der Waals surface area contributed by atoms with Gasteiger partial charge in [0.15, 0.2) is 6.61 Å². The molecule has 2 aromatic carbocycles. The van der Waals surface area contributed by atoms with Crippen molar-refractivity contribution in [2.75, 3.05) is 26.9 Å². The van der Waals surface area contributed by atoms with Crippen LogP contribution >= 0.6 is 0 Å². The van der Waals surface area contributed by atoms with E-state index in [-0.39, 0.29) is 6.61 Å². The second-order valence-electron chi connectivity index (χ2n) is 4.65.